The molecule has 0 saturated heterocycles. The predicted molar refractivity (Wildman–Crippen MR) is 93.5 cm³/mol. The van der Waals surface area contributed by atoms with Gasteiger partial charge >= 0.3 is 10.3 Å². The summed E-state index contributed by atoms with van der Waals surface area (Å²) in [6, 6.07) is 2.03. The monoisotopic (exact) mass is 456 g/mol. The minimum Gasteiger partial charge on any atom is -0.368 e. The Kier molecular flexibility index (Phi) is 5.47. The zero-order chi connectivity index (χ0) is 21.5. The van der Waals surface area contributed by atoms with Gasteiger partial charge in [0.15, 0.2) is 0 Å². The van der Waals surface area contributed by atoms with Crippen molar-refractivity contribution in [2.75, 3.05) is 22.4 Å². The molecule has 2 aromatic rings. The molecular weight excluding hydrogens is 444 g/mol. The lowest BCUT2D eigenvalue weighted by atomic mass is 10.3. The summed E-state index contributed by atoms with van der Waals surface area (Å²) in [5.41, 5.74) is 4.81. The van der Waals surface area contributed by atoms with Crippen LogP contribution < -0.4 is 15.4 Å². The summed E-state index contributed by atoms with van der Waals surface area (Å²) >= 11 is 0. The van der Waals surface area contributed by atoms with Gasteiger partial charge in [-0.2, -0.15) is 40.2 Å². The molecule has 1 aromatic carbocycles. The van der Waals surface area contributed by atoms with Crippen molar-refractivity contribution >= 4 is 54.1 Å². The van der Waals surface area contributed by atoms with Crippen LogP contribution in [-0.4, -0.2) is 60.9 Å². The minimum atomic E-state index is -4.86. The van der Waals surface area contributed by atoms with Gasteiger partial charge in [-0.1, -0.05) is 0 Å². The molecule has 0 bridgehead atoms. The number of rotatable bonds is 6. The Morgan fingerprint density at radius 2 is 1.57 bits per heavy atom. The molecule has 0 spiro atoms. The fraction of sp³-hybridized carbons (Fsp3) is 0.100. The molecule has 2 rings (SSSR count). The van der Waals surface area contributed by atoms with E-state index in [2.05, 4.69) is 20.3 Å². The van der Waals surface area contributed by atoms with E-state index in [9.17, 15) is 29.8 Å². The van der Waals surface area contributed by atoms with Gasteiger partial charge in [0, 0.05) is 7.05 Å². The number of hydrogen-bond donors (Lipinski definition) is 5. The molecule has 0 amide bonds. The van der Waals surface area contributed by atoms with Gasteiger partial charge in [0.25, 0.3) is 20.2 Å². The second-order valence-corrected chi connectivity index (χ2v) is 9.25. The Hall–Kier alpha value is -2.64. The molecule has 0 aliphatic rings. The van der Waals surface area contributed by atoms with Crippen LogP contribution in [0.2, 0.25) is 0 Å². The lowest BCUT2D eigenvalue weighted by Crippen LogP contribution is -2.28. The third kappa shape index (κ3) is 4.99. The summed E-state index contributed by atoms with van der Waals surface area (Å²) in [7, 11) is -13.5. The first kappa shape index (κ1) is 21.7. The van der Waals surface area contributed by atoms with Crippen LogP contribution in [0.25, 0.3) is 0 Å². The average Bonchev–Trinajstić information content (AvgIpc) is 2.50. The predicted octanol–water partition coefficient (Wildman–Crippen LogP) is -1.07. The first-order valence-corrected chi connectivity index (χ1v) is 11.0. The third-order valence-corrected chi connectivity index (χ3v) is 5.66. The maximum Gasteiger partial charge on any atom is 0.362 e. The number of anilines is 4. The van der Waals surface area contributed by atoms with E-state index in [0.717, 1.165) is 7.05 Å². The van der Waals surface area contributed by atoms with Crippen molar-refractivity contribution in [3.8, 4) is 0 Å². The van der Waals surface area contributed by atoms with Gasteiger partial charge in [-0.15, -0.1) is 0 Å². The fourth-order valence-electron chi connectivity index (χ4n) is 1.79. The van der Waals surface area contributed by atoms with Crippen LogP contribution >= 0.6 is 0 Å². The fourth-order valence-corrected chi connectivity index (χ4v) is 3.22. The second-order valence-electron chi connectivity index (χ2n) is 5.00. The molecule has 15 nitrogen and oxygen atoms in total. The van der Waals surface area contributed by atoms with Crippen LogP contribution in [0.5, 0.6) is 0 Å². The standard InChI is InChI=1S/C10H12N6O9S3/c1-16(28(23,24)25)10-14-8(11)13-9(15-10)12-6-4-5(26(17,18)19)2-3-7(6)27(20,21)22/h2-4H,1H3,(H,17,18,19)(H,20,21,22)(H,23,24,25)(H3,11,12,13,14,15). The largest absolute Gasteiger partial charge is 0.368 e. The SMILES string of the molecule is CN(c1nc(N)nc(Nc2cc(S(=O)(=O)O)ccc2S(=O)(=O)O)n1)S(=O)(=O)O. The van der Waals surface area contributed by atoms with E-state index in [-0.39, 0.29) is 4.31 Å². The van der Waals surface area contributed by atoms with E-state index in [4.69, 9.17) is 14.8 Å². The van der Waals surface area contributed by atoms with Crippen molar-refractivity contribution in [2.45, 2.75) is 9.79 Å². The normalized spacial score (nSPS) is 12.6. The van der Waals surface area contributed by atoms with Crippen molar-refractivity contribution in [3.05, 3.63) is 18.2 Å². The lowest BCUT2D eigenvalue weighted by Gasteiger charge is -2.15. The number of hydrogen-bond acceptors (Lipinski definition) is 11. The summed E-state index contributed by atoms with van der Waals surface area (Å²) in [5, 5.41) is 2.22. The molecule has 0 saturated carbocycles. The van der Waals surface area contributed by atoms with Gasteiger partial charge < -0.3 is 11.1 Å². The van der Waals surface area contributed by atoms with Crippen LogP contribution in [0.1, 0.15) is 0 Å². The van der Waals surface area contributed by atoms with Gasteiger partial charge in [0.05, 0.1) is 10.6 Å². The molecule has 6 N–H and O–H groups in total. The Labute approximate surface area is 158 Å². The third-order valence-electron chi connectivity index (χ3n) is 3.04. The van der Waals surface area contributed by atoms with Gasteiger partial charge in [-0.25, -0.2) is 4.31 Å². The highest BCUT2D eigenvalue weighted by Crippen LogP contribution is 2.27. The topological polar surface area (TPSA) is 243 Å². The molecule has 1 aromatic heterocycles. The van der Waals surface area contributed by atoms with Crippen LogP contribution in [0.3, 0.4) is 0 Å². The zero-order valence-corrected chi connectivity index (χ0v) is 16.1. The molecule has 18 heteroatoms. The average molecular weight is 456 g/mol. The smallest absolute Gasteiger partial charge is 0.362 e. The maximum absolute atomic E-state index is 11.5. The minimum absolute atomic E-state index is 0.217. The highest BCUT2D eigenvalue weighted by atomic mass is 32.2. The molecule has 1 heterocycles. The van der Waals surface area contributed by atoms with Crippen molar-refractivity contribution in [2.24, 2.45) is 0 Å². The first-order chi connectivity index (χ1) is 12.6. The molecule has 28 heavy (non-hydrogen) atoms. The van der Waals surface area contributed by atoms with Crippen LogP contribution in [-0.2, 0) is 30.5 Å². The van der Waals surface area contributed by atoms with E-state index >= 15 is 0 Å². The summed E-state index contributed by atoms with van der Waals surface area (Å²) in [4.78, 5) is 9.07. The molecule has 0 atom stereocenters. The summed E-state index contributed by atoms with van der Waals surface area (Å²) in [6.45, 7) is 0. The molecule has 0 aliphatic carbocycles. The highest BCUT2D eigenvalue weighted by molar-refractivity contribution is 7.87. The van der Waals surface area contributed by atoms with E-state index in [1.54, 1.807) is 0 Å². The van der Waals surface area contributed by atoms with Crippen molar-refractivity contribution in [3.63, 3.8) is 0 Å². The van der Waals surface area contributed by atoms with Crippen LogP contribution in [0.15, 0.2) is 28.0 Å². The number of aromatic nitrogens is 3. The second kappa shape index (κ2) is 7.07. The van der Waals surface area contributed by atoms with Crippen molar-refractivity contribution in [1.29, 1.82) is 0 Å². The molecule has 154 valence electrons. The van der Waals surface area contributed by atoms with Gasteiger partial charge in [0.2, 0.25) is 17.8 Å². The van der Waals surface area contributed by atoms with Crippen LogP contribution in [0.4, 0.5) is 23.5 Å². The molecule has 0 unspecified atom stereocenters. The van der Waals surface area contributed by atoms with Crippen molar-refractivity contribution < 1.29 is 38.9 Å². The number of nitrogens with zero attached hydrogens (tertiary/aromatic N) is 4. The van der Waals surface area contributed by atoms with E-state index < -0.39 is 63.9 Å². The summed E-state index contributed by atoms with van der Waals surface area (Å²) in [5.74, 6) is -1.80. The van der Waals surface area contributed by atoms with Crippen molar-refractivity contribution in [1.82, 2.24) is 15.0 Å². The zero-order valence-electron chi connectivity index (χ0n) is 13.6. The Morgan fingerprint density at radius 1 is 0.964 bits per heavy atom. The lowest BCUT2D eigenvalue weighted by molar-refractivity contribution is 0.479. The quantitative estimate of drug-likeness (QED) is 0.325. The van der Waals surface area contributed by atoms with Gasteiger partial charge in [0.1, 0.15) is 4.90 Å². The highest BCUT2D eigenvalue weighted by Gasteiger charge is 2.22. The Bertz CT molecular complexity index is 1240. The first-order valence-electron chi connectivity index (χ1n) is 6.68. The molecule has 0 aliphatic heterocycles. The van der Waals surface area contributed by atoms with Crippen LogP contribution in [0, 0.1) is 0 Å². The van der Waals surface area contributed by atoms with Gasteiger partial charge in [-0.05, 0) is 18.2 Å². The number of nitrogens with two attached hydrogens (primary N) is 1. The number of nitrogens with one attached hydrogen (secondary N) is 1. The maximum atomic E-state index is 11.5. The number of benzene rings is 1. The van der Waals surface area contributed by atoms with E-state index in [1.165, 1.54) is 0 Å². The molecular formula is C10H12N6O9S3. The Balaban J connectivity index is 2.63. The van der Waals surface area contributed by atoms with E-state index in [1.807, 2.05) is 0 Å². The van der Waals surface area contributed by atoms with E-state index in [0.29, 0.717) is 18.2 Å². The Morgan fingerprint density at radius 3 is 2.07 bits per heavy atom. The van der Waals surface area contributed by atoms with Gasteiger partial charge in [-0.3, -0.25) is 13.7 Å². The number of nitrogen functional groups attached to an aromatic ring is 1. The summed E-state index contributed by atoms with van der Waals surface area (Å²) < 4.78 is 95.4. The molecule has 0 fully saturated rings. The molecule has 0 radical (unpaired) electrons. The summed E-state index contributed by atoms with van der Waals surface area (Å²) in [6.07, 6.45) is 0.